The van der Waals surface area contributed by atoms with Crippen molar-refractivity contribution in [2.75, 3.05) is 26.3 Å². The van der Waals surface area contributed by atoms with Crippen LogP contribution < -0.4 is 10.6 Å². The van der Waals surface area contributed by atoms with E-state index < -0.39 is 0 Å². The van der Waals surface area contributed by atoms with Gasteiger partial charge in [0.25, 0.3) is 0 Å². The van der Waals surface area contributed by atoms with Crippen LogP contribution in [0.15, 0.2) is 0 Å². The van der Waals surface area contributed by atoms with Gasteiger partial charge in [0.2, 0.25) is 5.91 Å². The summed E-state index contributed by atoms with van der Waals surface area (Å²) >= 11 is 0. The Bertz CT molecular complexity index is 193. The molecule has 1 fully saturated rings. The predicted molar refractivity (Wildman–Crippen MR) is 64.4 cm³/mol. The lowest BCUT2D eigenvalue weighted by Gasteiger charge is -2.05. The van der Waals surface area contributed by atoms with Crippen LogP contribution in [0.1, 0.15) is 39.0 Å². The molecule has 0 heterocycles. The Kier molecular flexibility index (Phi) is 7.17. The zero-order chi connectivity index (χ0) is 11.6. The fourth-order valence-corrected chi connectivity index (χ4v) is 1.40. The smallest absolute Gasteiger partial charge is 0.221 e. The zero-order valence-electron chi connectivity index (χ0n) is 10.3. The van der Waals surface area contributed by atoms with E-state index in [9.17, 15) is 4.79 Å². The molecule has 0 spiro atoms. The third-order valence-corrected chi connectivity index (χ3v) is 2.46. The minimum Gasteiger partial charge on any atom is -0.381 e. The highest BCUT2D eigenvalue weighted by atomic mass is 16.5. The molecular formula is C12H24N2O2. The van der Waals surface area contributed by atoms with Crippen LogP contribution in [0.3, 0.4) is 0 Å². The molecule has 4 nitrogen and oxygen atoms in total. The molecule has 2 N–H and O–H groups in total. The SMILES string of the molecule is CCCOCCCNCCC(=O)NC1CC1. The first-order valence-corrected chi connectivity index (χ1v) is 6.40. The van der Waals surface area contributed by atoms with E-state index in [1.807, 2.05) is 0 Å². The fourth-order valence-electron chi connectivity index (χ4n) is 1.40. The highest BCUT2D eigenvalue weighted by molar-refractivity contribution is 5.76. The van der Waals surface area contributed by atoms with Gasteiger partial charge >= 0.3 is 0 Å². The molecule has 16 heavy (non-hydrogen) atoms. The quantitative estimate of drug-likeness (QED) is 0.550. The topological polar surface area (TPSA) is 50.4 Å². The van der Waals surface area contributed by atoms with E-state index in [4.69, 9.17) is 4.74 Å². The number of carbonyl (C=O) groups excluding carboxylic acids is 1. The number of rotatable bonds is 10. The molecule has 0 unspecified atom stereocenters. The van der Waals surface area contributed by atoms with Gasteiger partial charge < -0.3 is 15.4 Å². The molecule has 1 rings (SSSR count). The molecule has 1 aliphatic carbocycles. The molecule has 0 aromatic heterocycles. The van der Waals surface area contributed by atoms with Crippen molar-refractivity contribution in [1.82, 2.24) is 10.6 Å². The average Bonchev–Trinajstić information content (AvgIpc) is 3.06. The van der Waals surface area contributed by atoms with Crippen molar-refractivity contribution in [3.05, 3.63) is 0 Å². The standard InChI is InChI=1S/C12H24N2O2/c1-2-9-16-10-3-7-13-8-6-12(15)14-11-4-5-11/h11,13H,2-10H2,1H3,(H,14,15). The van der Waals surface area contributed by atoms with E-state index >= 15 is 0 Å². The second-order valence-electron chi connectivity index (χ2n) is 4.31. The molecule has 1 aliphatic rings. The van der Waals surface area contributed by atoms with Crippen molar-refractivity contribution < 1.29 is 9.53 Å². The molecule has 0 atom stereocenters. The van der Waals surface area contributed by atoms with E-state index in [-0.39, 0.29) is 5.91 Å². The van der Waals surface area contributed by atoms with E-state index in [1.165, 1.54) is 0 Å². The first-order valence-electron chi connectivity index (χ1n) is 6.40. The van der Waals surface area contributed by atoms with Gasteiger partial charge in [-0.15, -0.1) is 0 Å². The lowest BCUT2D eigenvalue weighted by atomic mass is 10.3. The number of hydrogen-bond donors (Lipinski definition) is 2. The van der Waals surface area contributed by atoms with Crippen molar-refractivity contribution in [2.24, 2.45) is 0 Å². The van der Waals surface area contributed by atoms with Crippen molar-refractivity contribution in [3.63, 3.8) is 0 Å². The van der Waals surface area contributed by atoms with Gasteiger partial charge in [0.15, 0.2) is 0 Å². The highest BCUT2D eigenvalue weighted by Gasteiger charge is 2.22. The Balaban J connectivity index is 1.75. The van der Waals surface area contributed by atoms with Crippen molar-refractivity contribution in [3.8, 4) is 0 Å². The molecule has 1 amide bonds. The Hall–Kier alpha value is -0.610. The Morgan fingerprint density at radius 2 is 2.12 bits per heavy atom. The third-order valence-electron chi connectivity index (χ3n) is 2.46. The molecule has 0 bridgehead atoms. The van der Waals surface area contributed by atoms with E-state index in [0.717, 1.165) is 52.0 Å². The van der Waals surface area contributed by atoms with Crippen LogP contribution in [0.5, 0.6) is 0 Å². The van der Waals surface area contributed by atoms with Gasteiger partial charge in [-0.3, -0.25) is 4.79 Å². The van der Waals surface area contributed by atoms with Gasteiger partial charge in [-0.25, -0.2) is 0 Å². The highest BCUT2D eigenvalue weighted by Crippen LogP contribution is 2.18. The second-order valence-corrected chi connectivity index (χ2v) is 4.31. The molecule has 0 aliphatic heterocycles. The van der Waals surface area contributed by atoms with Crippen LogP contribution in [-0.2, 0) is 9.53 Å². The van der Waals surface area contributed by atoms with Crippen molar-refractivity contribution in [2.45, 2.75) is 45.1 Å². The van der Waals surface area contributed by atoms with Crippen molar-refractivity contribution >= 4 is 5.91 Å². The average molecular weight is 228 g/mol. The summed E-state index contributed by atoms with van der Waals surface area (Å²) in [4.78, 5) is 11.3. The fraction of sp³-hybridized carbons (Fsp3) is 0.917. The minimum absolute atomic E-state index is 0.178. The lowest BCUT2D eigenvalue weighted by molar-refractivity contribution is -0.121. The number of nitrogens with one attached hydrogen (secondary N) is 2. The van der Waals surface area contributed by atoms with Crippen molar-refractivity contribution in [1.29, 1.82) is 0 Å². The molecule has 0 aromatic carbocycles. The van der Waals surface area contributed by atoms with Gasteiger partial charge in [0.05, 0.1) is 0 Å². The van der Waals surface area contributed by atoms with E-state index in [0.29, 0.717) is 12.5 Å². The van der Waals surface area contributed by atoms with Gasteiger partial charge in [-0.05, 0) is 32.2 Å². The molecule has 0 radical (unpaired) electrons. The largest absolute Gasteiger partial charge is 0.381 e. The molecule has 0 aromatic rings. The maximum Gasteiger partial charge on any atom is 0.221 e. The molecular weight excluding hydrogens is 204 g/mol. The molecule has 94 valence electrons. The maximum atomic E-state index is 11.3. The molecule has 1 saturated carbocycles. The number of amides is 1. The summed E-state index contributed by atoms with van der Waals surface area (Å²) in [5.74, 6) is 0.178. The summed E-state index contributed by atoms with van der Waals surface area (Å²) in [5.41, 5.74) is 0. The van der Waals surface area contributed by atoms with E-state index in [2.05, 4.69) is 17.6 Å². The van der Waals surface area contributed by atoms with E-state index in [1.54, 1.807) is 0 Å². The van der Waals surface area contributed by atoms with Crippen LogP contribution in [0.25, 0.3) is 0 Å². The van der Waals surface area contributed by atoms with Crippen LogP contribution in [0, 0.1) is 0 Å². The normalized spacial score (nSPS) is 15.1. The summed E-state index contributed by atoms with van der Waals surface area (Å²) in [5, 5.41) is 6.22. The summed E-state index contributed by atoms with van der Waals surface area (Å²) in [7, 11) is 0. The van der Waals surface area contributed by atoms with Gasteiger partial charge in [0, 0.05) is 32.2 Å². The Morgan fingerprint density at radius 3 is 2.81 bits per heavy atom. The second kappa shape index (κ2) is 8.53. The summed E-state index contributed by atoms with van der Waals surface area (Å²) in [6.07, 6.45) is 5.01. The van der Waals surface area contributed by atoms with Crippen LogP contribution in [-0.4, -0.2) is 38.3 Å². The van der Waals surface area contributed by atoms with Crippen LogP contribution in [0.2, 0.25) is 0 Å². The van der Waals surface area contributed by atoms with Gasteiger partial charge in [0.1, 0.15) is 0 Å². The van der Waals surface area contributed by atoms with Gasteiger partial charge in [-0.2, -0.15) is 0 Å². The number of hydrogen-bond acceptors (Lipinski definition) is 3. The molecule has 4 heteroatoms. The number of ether oxygens (including phenoxy) is 1. The lowest BCUT2D eigenvalue weighted by Crippen LogP contribution is -2.29. The summed E-state index contributed by atoms with van der Waals surface area (Å²) in [6, 6.07) is 0.481. The molecule has 0 saturated heterocycles. The van der Waals surface area contributed by atoms with Crippen LogP contribution in [0.4, 0.5) is 0 Å². The first-order chi connectivity index (χ1) is 7.83. The summed E-state index contributed by atoms with van der Waals surface area (Å²) in [6.45, 7) is 5.47. The first kappa shape index (κ1) is 13.5. The Morgan fingerprint density at radius 1 is 1.31 bits per heavy atom. The predicted octanol–water partition coefficient (Wildman–Crippen LogP) is 1.06. The number of carbonyl (C=O) groups is 1. The monoisotopic (exact) mass is 228 g/mol. The maximum absolute atomic E-state index is 11.3. The van der Waals surface area contributed by atoms with Crippen LogP contribution >= 0.6 is 0 Å². The van der Waals surface area contributed by atoms with Gasteiger partial charge in [-0.1, -0.05) is 6.92 Å². The Labute approximate surface area is 98.1 Å². The zero-order valence-corrected chi connectivity index (χ0v) is 10.3. The third kappa shape index (κ3) is 7.65. The summed E-state index contributed by atoms with van der Waals surface area (Å²) < 4.78 is 5.35. The minimum atomic E-state index is 0.178.